The molecule has 0 fully saturated rings. The molecule has 0 bridgehead atoms. The molecule has 0 saturated heterocycles. The third-order valence-electron chi connectivity index (χ3n) is 4.47. The molecule has 0 saturated carbocycles. The van der Waals surface area contributed by atoms with Crippen molar-refractivity contribution in [1.82, 2.24) is 9.55 Å². The highest BCUT2D eigenvalue weighted by Gasteiger charge is 2.14. The maximum absolute atomic E-state index is 13.8. The highest BCUT2D eigenvalue weighted by atomic mass is 32.2. The molecule has 1 aromatic heterocycles. The Morgan fingerprint density at radius 3 is 2.81 bits per heavy atom. The first-order valence-corrected chi connectivity index (χ1v) is 10.9. The highest BCUT2D eigenvalue weighted by Crippen LogP contribution is 2.22. The summed E-state index contributed by atoms with van der Waals surface area (Å²) < 4.78 is 25.6. The lowest BCUT2D eigenvalue weighted by Gasteiger charge is -2.13. The van der Waals surface area contributed by atoms with Crippen LogP contribution in [-0.4, -0.2) is 41.5 Å². The van der Waals surface area contributed by atoms with Crippen molar-refractivity contribution in [2.45, 2.75) is 25.0 Å². The van der Waals surface area contributed by atoms with Crippen molar-refractivity contribution < 1.29 is 18.7 Å². The number of carbonyl (C=O) groups is 1. The largest absolute Gasteiger partial charge is 0.494 e. The number of para-hydroxylation sites is 1. The molecular weight excluding hydrogens is 421 g/mol. The minimum absolute atomic E-state index is 0.0177. The molecule has 7 nitrogen and oxygen atoms in total. The number of ether oxygens (including phenoxy) is 2. The molecule has 0 aliphatic rings. The number of hydrogen-bond donors (Lipinski definition) is 1. The third-order valence-corrected chi connectivity index (χ3v) is 5.45. The summed E-state index contributed by atoms with van der Waals surface area (Å²) in [5, 5.41) is 3.63. The number of halogens is 1. The van der Waals surface area contributed by atoms with E-state index >= 15 is 0 Å². The predicted octanol–water partition coefficient (Wildman–Crippen LogP) is 3.70. The standard InChI is InChI=1S/C22H24FN3O4S/c1-3-30-12-6-11-26-21(28)16-7-4-5-8-18(16)25-22(26)31-14-20(27)24-15-9-10-19(29-2)17(23)13-15/h4-5,7-10,13H,3,6,11-12,14H2,1-2H3,(H,24,27). The second-order valence-electron chi connectivity index (χ2n) is 6.60. The summed E-state index contributed by atoms with van der Waals surface area (Å²) in [5.74, 6) is -0.780. The van der Waals surface area contributed by atoms with Crippen molar-refractivity contribution in [1.29, 1.82) is 0 Å². The van der Waals surface area contributed by atoms with E-state index in [-0.39, 0.29) is 23.0 Å². The van der Waals surface area contributed by atoms with Gasteiger partial charge in [-0.15, -0.1) is 0 Å². The minimum atomic E-state index is -0.563. The zero-order valence-electron chi connectivity index (χ0n) is 17.4. The number of methoxy groups -OCH3 is 1. The van der Waals surface area contributed by atoms with E-state index in [1.807, 2.05) is 13.0 Å². The van der Waals surface area contributed by atoms with Crippen LogP contribution in [-0.2, 0) is 16.1 Å². The van der Waals surface area contributed by atoms with E-state index in [0.29, 0.717) is 47.9 Å². The van der Waals surface area contributed by atoms with E-state index in [1.165, 1.54) is 19.2 Å². The Morgan fingerprint density at radius 1 is 1.26 bits per heavy atom. The first-order valence-electron chi connectivity index (χ1n) is 9.87. The monoisotopic (exact) mass is 445 g/mol. The van der Waals surface area contributed by atoms with Gasteiger partial charge in [0.25, 0.3) is 5.56 Å². The highest BCUT2D eigenvalue weighted by molar-refractivity contribution is 7.99. The van der Waals surface area contributed by atoms with Crippen LogP contribution in [0.1, 0.15) is 13.3 Å². The first-order chi connectivity index (χ1) is 15.0. The number of rotatable bonds is 10. The Kier molecular flexibility index (Phi) is 8.02. The Balaban J connectivity index is 1.75. The molecule has 1 N–H and O–H groups in total. The van der Waals surface area contributed by atoms with E-state index < -0.39 is 5.82 Å². The molecule has 3 aromatic rings. The van der Waals surface area contributed by atoms with Crippen molar-refractivity contribution in [3.8, 4) is 5.75 Å². The van der Waals surface area contributed by atoms with Crippen molar-refractivity contribution in [2.24, 2.45) is 0 Å². The molecule has 9 heteroatoms. The number of hydrogen-bond acceptors (Lipinski definition) is 6. The Bertz CT molecular complexity index is 1120. The Hall–Kier alpha value is -2.91. The van der Waals surface area contributed by atoms with E-state index in [9.17, 15) is 14.0 Å². The summed E-state index contributed by atoms with van der Waals surface area (Å²) in [6.07, 6.45) is 0.651. The van der Waals surface area contributed by atoms with Crippen LogP contribution in [0.15, 0.2) is 52.4 Å². The molecule has 3 rings (SSSR count). The van der Waals surface area contributed by atoms with Gasteiger partial charge in [-0.25, -0.2) is 9.37 Å². The summed E-state index contributed by atoms with van der Waals surface area (Å²) in [5.41, 5.74) is 0.750. The van der Waals surface area contributed by atoms with Crippen LogP contribution in [0.2, 0.25) is 0 Å². The van der Waals surface area contributed by atoms with Gasteiger partial charge in [0.1, 0.15) is 0 Å². The summed E-state index contributed by atoms with van der Waals surface area (Å²) in [6.45, 7) is 3.49. The fourth-order valence-corrected chi connectivity index (χ4v) is 3.82. The lowest BCUT2D eigenvalue weighted by molar-refractivity contribution is -0.113. The quantitative estimate of drug-likeness (QED) is 0.291. The van der Waals surface area contributed by atoms with Gasteiger partial charge in [0.2, 0.25) is 5.91 Å². The fraction of sp³-hybridized carbons (Fsp3) is 0.318. The molecule has 31 heavy (non-hydrogen) atoms. The van der Waals surface area contributed by atoms with Gasteiger partial charge in [-0.2, -0.15) is 0 Å². The average Bonchev–Trinajstić information content (AvgIpc) is 2.77. The maximum Gasteiger partial charge on any atom is 0.262 e. The predicted molar refractivity (Wildman–Crippen MR) is 119 cm³/mol. The zero-order valence-corrected chi connectivity index (χ0v) is 18.2. The SMILES string of the molecule is CCOCCCn1c(SCC(=O)Nc2ccc(OC)c(F)c2)nc2ccccc2c1=O. The van der Waals surface area contributed by atoms with Gasteiger partial charge in [0.15, 0.2) is 16.7 Å². The number of thioether (sulfide) groups is 1. The molecule has 0 atom stereocenters. The summed E-state index contributed by atoms with van der Waals surface area (Å²) in [6, 6.07) is 11.3. The Morgan fingerprint density at radius 2 is 2.06 bits per heavy atom. The van der Waals surface area contributed by atoms with Crippen LogP contribution < -0.4 is 15.6 Å². The van der Waals surface area contributed by atoms with E-state index in [2.05, 4.69) is 10.3 Å². The number of benzene rings is 2. The van der Waals surface area contributed by atoms with Crippen molar-refractivity contribution in [2.75, 3.05) is 31.4 Å². The second-order valence-corrected chi connectivity index (χ2v) is 7.55. The van der Waals surface area contributed by atoms with Crippen LogP contribution >= 0.6 is 11.8 Å². The van der Waals surface area contributed by atoms with Gasteiger partial charge >= 0.3 is 0 Å². The zero-order chi connectivity index (χ0) is 22.2. The molecule has 1 heterocycles. The number of aromatic nitrogens is 2. The van der Waals surface area contributed by atoms with Gasteiger partial charge < -0.3 is 14.8 Å². The smallest absolute Gasteiger partial charge is 0.262 e. The molecule has 164 valence electrons. The summed E-state index contributed by atoms with van der Waals surface area (Å²) in [4.78, 5) is 29.9. The first kappa shape index (κ1) is 22.8. The van der Waals surface area contributed by atoms with Crippen molar-refractivity contribution in [3.05, 3.63) is 58.6 Å². The van der Waals surface area contributed by atoms with Crippen LogP contribution in [0.25, 0.3) is 10.9 Å². The van der Waals surface area contributed by atoms with Crippen LogP contribution in [0.5, 0.6) is 5.75 Å². The summed E-state index contributed by atoms with van der Waals surface area (Å²) in [7, 11) is 1.37. The number of amides is 1. The minimum Gasteiger partial charge on any atom is -0.494 e. The van der Waals surface area contributed by atoms with Gasteiger partial charge in [-0.05, 0) is 37.6 Å². The normalized spacial score (nSPS) is 10.9. The Labute approximate surface area is 183 Å². The molecular formula is C22H24FN3O4S. The van der Waals surface area contributed by atoms with Gasteiger partial charge in [0.05, 0.1) is 23.8 Å². The molecule has 1 amide bonds. The van der Waals surface area contributed by atoms with E-state index in [4.69, 9.17) is 9.47 Å². The van der Waals surface area contributed by atoms with Gasteiger partial charge in [0, 0.05) is 31.5 Å². The van der Waals surface area contributed by atoms with Crippen LogP contribution in [0.3, 0.4) is 0 Å². The summed E-state index contributed by atoms with van der Waals surface area (Å²) >= 11 is 1.16. The maximum atomic E-state index is 13.8. The number of anilines is 1. The number of carbonyl (C=O) groups excluding carboxylic acids is 1. The number of fused-ring (bicyclic) bond motifs is 1. The molecule has 0 unspecified atom stereocenters. The van der Waals surface area contributed by atoms with E-state index in [0.717, 1.165) is 11.8 Å². The van der Waals surface area contributed by atoms with Crippen LogP contribution in [0.4, 0.5) is 10.1 Å². The number of nitrogens with one attached hydrogen (secondary N) is 1. The van der Waals surface area contributed by atoms with E-state index in [1.54, 1.807) is 28.8 Å². The third kappa shape index (κ3) is 5.83. The van der Waals surface area contributed by atoms with Crippen LogP contribution in [0, 0.1) is 5.82 Å². The van der Waals surface area contributed by atoms with Crippen molar-refractivity contribution in [3.63, 3.8) is 0 Å². The van der Waals surface area contributed by atoms with Crippen molar-refractivity contribution >= 4 is 34.3 Å². The second kappa shape index (κ2) is 10.9. The lowest BCUT2D eigenvalue weighted by atomic mass is 10.2. The molecule has 0 spiro atoms. The molecule has 0 radical (unpaired) electrons. The lowest BCUT2D eigenvalue weighted by Crippen LogP contribution is -2.25. The van der Waals surface area contributed by atoms with Gasteiger partial charge in [-0.1, -0.05) is 23.9 Å². The molecule has 2 aromatic carbocycles. The fourth-order valence-electron chi connectivity index (χ4n) is 3.00. The van der Waals surface area contributed by atoms with Gasteiger partial charge in [-0.3, -0.25) is 14.2 Å². The average molecular weight is 446 g/mol. The molecule has 0 aliphatic heterocycles. The number of nitrogens with zero attached hydrogens (tertiary/aromatic N) is 2. The topological polar surface area (TPSA) is 82.4 Å². The molecule has 0 aliphatic carbocycles.